The number of pyridine rings is 1. The van der Waals surface area contributed by atoms with Crippen LogP contribution in [-0.4, -0.2) is 18.1 Å². The third kappa shape index (κ3) is 2.87. The summed E-state index contributed by atoms with van der Waals surface area (Å²) in [6.45, 7) is 0. The molecule has 106 valence electrons. The summed E-state index contributed by atoms with van der Waals surface area (Å²) < 4.78 is 5.33. The zero-order valence-electron chi connectivity index (χ0n) is 12.1. The molecular formula is C17H22N2O. The van der Waals surface area contributed by atoms with Crippen molar-refractivity contribution in [3.05, 3.63) is 30.5 Å². The average Bonchev–Trinajstić information content (AvgIpc) is 2.76. The third-order valence-electron chi connectivity index (χ3n) is 4.17. The van der Waals surface area contributed by atoms with Gasteiger partial charge in [-0.15, -0.1) is 0 Å². The molecule has 0 amide bonds. The monoisotopic (exact) mass is 270 g/mol. The molecule has 0 atom stereocenters. The fourth-order valence-corrected chi connectivity index (χ4v) is 3.01. The predicted octanol–water partition coefficient (Wildman–Crippen LogP) is 4.38. The Morgan fingerprint density at radius 2 is 1.90 bits per heavy atom. The standard InChI is InChI=1S/C17H22N2O/c1-20-15-9-8-13-10-11-18-17(16(13)12-15)19-14-6-4-2-3-5-7-14/h8-12,14H,2-7H2,1H3,(H,18,19). The Hall–Kier alpha value is -1.77. The van der Waals surface area contributed by atoms with Gasteiger partial charge in [0.2, 0.25) is 0 Å². The van der Waals surface area contributed by atoms with Crippen LogP contribution >= 0.6 is 0 Å². The molecule has 1 aliphatic carbocycles. The largest absolute Gasteiger partial charge is 0.497 e. The van der Waals surface area contributed by atoms with Gasteiger partial charge in [0, 0.05) is 17.6 Å². The Morgan fingerprint density at radius 1 is 1.10 bits per heavy atom. The van der Waals surface area contributed by atoms with Crippen molar-refractivity contribution in [2.24, 2.45) is 0 Å². The molecule has 0 spiro atoms. The van der Waals surface area contributed by atoms with Gasteiger partial charge in [-0.1, -0.05) is 31.7 Å². The van der Waals surface area contributed by atoms with Gasteiger partial charge >= 0.3 is 0 Å². The summed E-state index contributed by atoms with van der Waals surface area (Å²) in [5.41, 5.74) is 0. The molecule has 1 fully saturated rings. The van der Waals surface area contributed by atoms with Crippen molar-refractivity contribution in [1.82, 2.24) is 4.98 Å². The molecule has 1 aliphatic rings. The highest BCUT2D eigenvalue weighted by Crippen LogP contribution is 2.28. The molecule has 1 saturated carbocycles. The number of methoxy groups -OCH3 is 1. The predicted molar refractivity (Wildman–Crippen MR) is 83.4 cm³/mol. The molecule has 0 bridgehead atoms. The van der Waals surface area contributed by atoms with E-state index < -0.39 is 0 Å². The molecule has 0 aliphatic heterocycles. The van der Waals surface area contributed by atoms with E-state index in [1.807, 2.05) is 18.3 Å². The van der Waals surface area contributed by atoms with Crippen molar-refractivity contribution >= 4 is 16.6 Å². The summed E-state index contributed by atoms with van der Waals surface area (Å²) in [5.74, 6) is 1.88. The van der Waals surface area contributed by atoms with Gasteiger partial charge in [0.15, 0.2) is 0 Å². The Bertz CT molecular complexity index is 574. The lowest BCUT2D eigenvalue weighted by molar-refractivity contribution is 0.415. The van der Waals surface area contributed by atoms with Crippen molar-refractivity contribution in [2.45, 2.75) is 44.6 Å². The summed E-state index contributed by atoms with van der Waals surface area (Å²) in [7, 11) is 1.70. The lowest BCUT2D eigenvalue weighted by atomic mass is 10.1. The van der Waals surface area contributed by atoms with Gasteiger partial charge in [0.25, 0.3) is 0 Å². The molecule has 1 N–H and O–H groups in total. The third-order valence-corrected chi connectivity index (χ3v) is 4.17. The second-order valence-corrected chi connectivity index (χ2v) is 5.58. The number of nitrogens with one attached hydrogen (secondary N) is 1. The first kappa shape index (κ1) is 13.2. The van der Waals surface area contributed by atoms with E-state index in [4.69, 9.17) is 4.74 Å². The molecule has 1 aromatic heterocycles. The van der Waals surface area contributed by atoms with Crippen LogP contribution in [0.15, 0.2) is 30.5 Å². The van der Waals surface area contributed by atoms with Gasteiger partial charge in [-0.2, -0.15) is 0 Å². The van der Waals surface area contributed by atoms with Crippen molar-refractivity contribution < 1.29 is 4.74 Å². The van der Waals surface area contributed by atoms with Crippen LogP contribution in [0.1, 0.15) is 38.5 Å². The molecule has 2 aromatic rings. The van der Waals surface area contributed by atoms with Crippen LogP contribution in [-0.2, 0) is 0 Å². The Kier molecular flexibility index (Phi) is 4.05. The van der Waals surface area contributed by atoms with E-state index in [0.717, 1.165) is 17.0 Å². The number of rotatable bonds is 3. The minimum absolute atomic E-state index is 0.557. The molecule has 20 heavy (non-hydrogen) atoms. The smallest absolute Gasteiger partial charge is 0.134 e. The van der Waals surface area contributed by atoms with E-state index in [1.165, 1.54) is 43.9 Å². The number of fused-ring (bicyclic) bond motifs is 1. The maximum absolute atomic E-state index is 5.33. The van der Waals surface area contributed by atoms with E-state index in [2.05, 4.69) is 22.4 Å². The van der Waals surface area contributed by atoms with E-state index in [1.54, 1.807) is 7.11 Å². The van der Waals surface area contributed by atoms with E-state index in [0.29, 0.717) is 6.04 Å². The quantitative estimate of drug-likeness (QED) is 0.840. The topological polar surface area (TPSA) is 34.1 Å². The number of nitrogens with zero attached hydrogens (tertiary/aromatic N) is 1. The summed E-state index contributed by atoms with van der Waals surface area (Å²) in [6, 6.07) is 8.77. The van der Waals surface area contributed by atoms with Gasteiger partial charge in [-0.3, -0.25) is 0 Å². The SMILES string of the molecule is COc1ccc2ccnc(NC3CCCCCC3)c2c1. The molecule has 0 saturated heterocycles. The van der Waals surface area contributed by atoms with Crippen molar-refractivity contribution in [2.75, 3.05) is 12.4 Å². The van der Waals surface area contributed by atoms with E-state index >= 15 is 0 Å². The minimum Gasteiger partial charge on any atom is -0.497 e. The number of hydrogen-bond acceptors (Lipinski definition) is 3. The second kappa shape index (κ2) is 6.12. The summed E-state index contributed by atoms with van der Waals surface area (Å²) in [5, 5.41) is 6.00. The van der Waals surface area contributed by atoms with Crippen LogP contribution in [0, 0.1) is 0 Å². The Labute approximate surface area is 120 Å². The Balaban J connectivity index is 1.89. The first-order valence-electron chi connectivity index (χ1n) is 7.56. The van der Waals surface area contributed by atoms with Crippen molar-refractivity contribution in [3.63, 3.8) is 0 Å². The van der Waals surface area contributed by atoms with Crippen molar-refractivity contribution in [3.8, 4) is 5.75 Å². The van der Waals surface area contributed by atoms with Crippen LogP contribution in [0.4, 0.5) is 5.82 Å². The maximum atomic E-state index is 5.33. The minimum atomic E-state index is 0.557. The highest BCUT2D eigenvalue weighted by Gasteiger charge is 2.14. The maximum Gasteiger partial charge on any atom is 0.134 e. The highest BCUT2D eigenvalue weighted by atomic mass is 16.5. The lowest BCUT2D eigenvalue weighted by Crippen LogP contribution is -2.19. The molecule has 0 radical (unpaired) electrons. The van der Waals surface area contributed by atoms with Crippen LogP contribution in [0.25, 0.3) is 10.8 Å². The number of aromatic nitrogens is 1. The second-order valence-electron chi connectivity index (χ2n) is 5.58. The molecule has 3 heteroatoms. The lowest BCUT2D eigenvalue weighted by Gasteiger charge is -2.18. The number of ether oxygens (including phenoxy) is 1. The fourth-order valence-electron chi connectivity index (χ4n) is 3.01. The number of benzene rings is 1. The highest BCUT2D eigenvalue weighted by molar-refractivity contribution is 5.92. The van der Waals surface area contributed by atoms with Gasteiger partial charge in [0.1, 0.15) is 11.6 Å². The van der Waals surface area contributed by atoms with E-state index in [9.17, 15) is 0 Å². The molecule has 0 unspecified atom stereocenters. The normalized spacial score (nSPS) is 16.9. The molecular weight excluding hydrogens is 248 g/mol. The summed E-state index contributed by atoms with van der Waals surface area (Å²) in [6.07, 6.45) is 9.78. The van der Waals surface area contributed by atoms with Gasteiger partial charge in [0.05, 0.1) is 7.11 Å². The van der Waals surface area contributed by atoms with Crippen LogP contribution in [0.5, 0.6) is 5.75 Å². The van der Waals surface area contributed by atoms with E-state index in [-0.39, 0.29) is 0 Å². The molecule has 1 aromatic carbocycles. The number of hydrogen-bond donors (Lipinski definition) is 1. The first-order chi connectivity index (χ1) is 9.86. The zero-order valence-corrected chi connectivity index (χ0v) is 12.1. The summed E-state index contributed by atoms with van der Waals surface area (Å²) in [4.78, 5) is 4.54. The molecule has 1 heterocycles. The zero-order chi connectivity index (χ0) is 13.8. The van der Waals surface area contributed by atoms with Crippen molar-refractivity contribution in [1.29, 1.82) is 0 Å². The van der Waals surface area contributed by atoms with Crippen LogP contribution < -0.4 is 10.1 Å². The Morgan fingerprint density at radius 3 is 2.65 bits per heavy atom. The molecule has 3 rings (SSSR count). The molecule has 3 nitrogen and oxygen atoms in total. The average molecular weight is 270 g/mol. The fraction of sp³-hybridized carbons (Fsp3) is 0.471. The van der Waals surface area contributed by atoms with Gasteiger partial charge < -0.3 is 10.1 Å². The first-order valence-corrected chi connectivity index (χ1v) is 7.56. The van der Waals surface area contributed by atoms with Crippen LogP contribution in [0.2, 0.25) is 0 Å². The number of anilines is 1. The van der Waals surface area contributed by atoms with Crippen LogP contribution in [0.3, 0.4) is 0 Å². The summed E-state index contributed by atoms with van der Waals surface area (Å²) >= 11 is 0. The van der Waals surface area contributed by atoms with Gasteiger partial charge in [-0.05, 0) is 36.4 Å². The van der Waals surface area contributed by atoms with Gasteiger partial charge in [-0.25, -0.2) is 4.98 Å².